The van der Waals surface area contributed by atoms with Gasteiger partial charge in [0.2, 0.25) is 0 Å². The second kappa shape index (κ2) is 22.2. The number of hydrogen-bond acceptors (Lipinski definition) is 0. The van der Waals surface area contributed by atoms with Gasteiger partial charge >= 0.3 is 0 Å². The van der Waals surface area contributed by atoms with Gasteiger partial charge in [-0.25, -0.2) is 0 Å². The molecule has 0 saturated carbocycles. The SMILES string of the molecule is CCCCCCCCCCCCCCCCCC[P+](CC)(CC)CC.[Br-]. The van der Waals surface area contributed by atoms with E-state index in [0.717, 1.165) is 0 Å². The standard InChI is InChI=1S/C24H52P.BrH/c1-5-9-10-11-12-13-14-15-16-17-18-19-20-21-22-23-24-25(6-2,7-3)8-4;/h5-24H2,1-4H3;1H/q+1;/p-1. The number of hydrogen-bond donors (Lipinski definition) is 0. The highest BCUT2D eigenvalue weighted by molar-refractivity contribution is 7.75. The largest absolute Gasteiger partial charge is 1.00 e. The molecular formula is C24H52BrP. The first kappa shape index (κ1) is 29.1. The van der Waals surface area contributed by atoms with Crippen LogP contribution >= 0.6 is 7.26 Å². The summed E-state index contributed by atoms with van der Waals surface area (Å²) in [7, 11) is -0.527. The van der Waals surface area contributed by atoms with Gasteiger partial charge in [-0.1, -0.05) is 96.8 Å². The predicted octanol–water partition coefficient (Wildman–Crippen LogP) is 6.33. The Hall–Kier alpha value is 0.910. The fourth-order valence-electron chi connectivity index (χ4n) is 4.14. The molecule has 0 aliphatic rings. The van der Waals surface area contributed by atoms with Crippen LogP contribution in [-0.2, 0) is 0 Å². The van der Waals surface area contributed by atoms with Crippen LogP contribution in [0.1, 0.15) is 130 Å². The zero-order valence-electron chi connectivity index (χ0n) is 19.0. The average Bonchev–Trinajstić information content (AvgIpc) is 2.65. The molecule has 0 rings (SSSR count). The van der Waals surface area contributed by atoms with Crippen LogP contribution in [0.2, 0.25) is 0 Å². The lowest BCUT2D eigenvalue weighted by Gasteiger charge is -2.23. The van der Waals surface area contributed by atoms with Crippen molar-refractivity contribution in [2.45, 2.75) is 130 Å². The molecule has 160 valence electrons. The molecule has 0 spiro atoms. The van der Waals surface area contributed by atoms with Crippen LogP contribution in [0.3, 0.4) is 0 Å². The third-order valence-corrected chi connectivity index (χ3v) is 11.8. The monoisotopic (exact) mass is 450 g/mol. The van der Waals surface area contributed by atoms with Gasteiger partial charge in [0, 0.05) is 7.26 Å². The molecule has 0 N–H and O–H groups in total. The number of rotatable bonds is 20. The Morgan fingerprint density at radius 2 is 0.654 bits per heavy atom. The van der Waals surface area contributed by atoms with E-state index in [9.17, 15) is 0 Å². The van der Waals surface area contributed by atoms with E-state index >= 15 is 0 Å². The summed E-state index contributed by atoms with van der Waals surface area (Å²) in [5.41, 5.74) is 0. The van der Waals surface area contributed by atoms with Crippen LogP contribution < -0.4 is 17.0 Å². The minimum Gasteiger partial charge on any atom is -1.00 e. The maximum absolute atomic E-state index is 2.44. The summed E-state index contributed by atoms with van der Waals surface area (Å²) in [5.74, 6) is 0. The molecule has 0 aromatic rings. The van der Waals surface area contributed by atoms with Crippen LogP contribution in [0.15, 0.2) is 0 Å². The van der Waals surface area contributed by atoms with Crippen LogP contribution in [0.4, 0.5) is 0 Å². The van der Waals surface area contributed by atoms with Crippen molar-refractivity contribution in [1.29, 1.82) is 0 Å². The molecule has 0 aromatic carbocycles. The normalized spacial score (nSPS) is 11.5. The Labute approximate surface area is 179 Å². The second-order valence-corrected chi connectivity index (χ2v) is 13.3. The van der Waals surface area contributed by atoms with Crippen molar-refractivity contribution in [1.82, 2.24) is 0 Å². The van der Waals surface area contributed by atoms with Crippen LogP contribution in [0.25, 0.3) is 0 Å². The van der Waals surface area contributed by atoms with E-state index in [1.165, 1.54) is 121 Å². The summed E-state index contributed by atoms with van der Waals surface area (Å²) in [6.45, 7) is 9.62. The Morgan fingerprint density at radius 3 is 0.923 bits per heavy atom. The molecule has 0 fully saturated rings. The molecular weight excluding hydrogens is 399 g/mol. The maximum Gasteiger partial charge on any atom is 0.0594 e. The minimum atomic E-state index is -0.527. The summed E-state index contributed by atoms with van der Waals surface area (Å²) in [5, 5.41) is 0. The van der Waals surface area contributed by atoms with Crippen molar-refractivity contribution >= 4 is 7.26 Å². The summed E-state index contributed by atoms with van der Waals surface area (Å²) in [4.78, 5) is 0. The molecule has 0 bridgehead atoms. The van der Waals surface area contributed by atoms with Crippen LogP contribution in [0.5, 0.6) is 0 Å². The maximum atomic E-state index is 2.44. The van der Waals surface area contributed by atoms with E-state index in [0.29, 0.717) is 0 Å². The number of unbranched alkanes of at least 4 members (excludes halogenated alkanes) is 15. The Morgan fingerprint density at radius 1 is 0.385 bits per heavy atom. The smallest absolute Gasteiger partial charge is 0.0594 e. The number of halogens is 1. The van der Waals surface area contributed by atoms with E-state index in [-0.39, 0.29) is 17.0 Å². The molecule has 0 aliphatic heterocycles. The molecule has 0 atom stereocenters. The van der Waals surface area contributed by atoms with E-state index in [4.69, 9.17) is 0 Å². The topological polar surface area (TPSA) is 0 Å². The fourth-order valence-corrected chi connectivity index (χ4v) is 7.33. The Balaban J connectivity index is 0. The van der Waals surface area contributed by atoms with Gasteiger partial charge < -0.3 is 17.0 Å². The minimum absolute atomic E-state index is 0. The lowest BCUT2D eigenvalue weighted by Crippen LogP contribution is -3.00. The fraction of sp³-hybridized carbons (Fsp3) is 1.00. The van der Waals surface area contributed by atoms with Crippen molar-refractivity contribution in [3.05, 3.63) is 0 Å². The molecule has 26 heavy (non-hydrogen) atoms. The molecule has 0 aromatic heterocycles. The summed E-state index contributed by atoms with van der Waals surface area (Å²) < 4.78 is 0. The summed E-state index contributed by atoms with van der Waals surface area (Å²) in [6, 6.07) is 0. The molecule has 0 radical (unpaired) electrons. The predicted molar refractivity (Wildman–Crippen MR) is 123 cm³/mol. The van der Waals surface area contributed by atoms with Gasteiger partial charge in [0.25, 0.3) is 0 Å². The van der Waals surface area contributed by atoms with Crippen molar-refractivity contribution in [3.8, 4) is 0 Å². The first-order valence-corrected chi connectivity index (χ1v) is 14.6. The van der Waals surface area contributed by atoms with Gasteiger partial charge in [-0.2, -0.15) is 0 Å². The highest BCUT2D eigenvalue weighted by atomic mass is 79.9. The second-order valence-electron chi connectivity index (χ2n) is 8.32. The van der Waals surface area contributed by atoms with E-state index in [1.54, 1.807) is 6.16 Å². The molecule has 0 amide bonds. The van der Waals surface area contributed by atoms with Gasteiger partial charge in [0.05, 0.1) is 24.6 Å². The lowest BCUT2D eigenvalue weighted by molar-refractivity contribution is -0.00000575. The van der Waals surface area contributed by atoms with Gasteiger partial charge in [-0.15, -0.1) is 0 Å². The van der Waals surface area contributed by atoms with Crippen molar-refractivity contribution < 1.29 is 17.0 Å². The highest BCUT2D eigenvalue weighted by Gasteiger charge is 2.29. The van der Waals surface area contributed by atoms with E-state index in [1.807, 2.05) is 0 Å². The molecule has 0 saturated heterocycles. The Kier molecular flexibility index (Phi) is 24.9. The van der Waals surface area contributed by atoms with Gasteiger partial charge in [-0.05, 0) is 33.6 Å². The van der Waals surface area contributed by atoms with Crippen molar-refractivity contribution in [3.63, 3.8) is 0 Å². The van der Waals surface area contributed by atoms with Gasteiger partial charge in [-0.3, -0.25) is 0 Å². The summed E-state index contributed by atoms with van der Waals surface area (Å²) >= 11 is 0. The van der Waals surface area contributed by atoms with Crippen LogP contribution in [-0.4, -0.2) is 24.6 Å². The van der Waals surface area contributed by atoms with E-state index < -0.39 is 7.26 Å². The molecule has 0 heterocycles. The first-order chi connectivity index (χ1) is 12.2. The molecule has 0 unspecified atom stereocenters. The zero-order valence-corrected chi connectivity index (χ0v) is 21.4. The first-order valence-electron chi connectivity index (χ1n) is 12.1. The quantitative estimate of drug-likeness (QED) is 0.150. The zero-order chi connectivity index (χ0) is 18.6. The molecule has 2 heteroatoms. The average molecular weight is 452 g/mol. The van der Waals surface area contributed by atoms with Crippen molar-refractivity contribution in [2.24, 2.45) is 0 Å². The van der Waals surface area contributed by atoms with Crippen molar-refractivity contribution in [2.75, 3.05) is 24.6 Å². The third-order valence-electron chi connectivity index (χ3n) is 6.50. The van der Waals surface area contributed by atoms with Gasteiger partial charge in [0.1, 0.15) is 0 Å². The third kappa shape index (κ3) is 17.0. The Bertz CT molecular complexity index is 242. The molecule has 0 aliphatic carbocycles. The lowest BCUT2D eigenvalue weighted by atomic mass is 10.0. The highest BCUT2D eigenvalue weighted by Crippen LogP contribution is 2.58. The van der Waals surface area contributed by atoms with Crippen LogP contribution in [0, 0.1) is 0 Å². The van der Waals surface area contributed by atoms with Gasteiger partial charge in [0.15, 0.2) is 0 Å². The summed E-state index contributed by atoms with van der Waals surface area (Å²) in [6.07, 6.45) is 29.7. The molecule has 0 nitrogen and oxygen atoms in total. The van der Waals surface area contributed by atoms with E-state index in [2.05, 4.69) is 27.7 Å².